The van der Waals surface area contributed by atoms with Gasteiger partial charge in [0.05, 0.1) is 24.1 Å². The number of aromatic nitrogens is 1. The molecule has 1 fully saturated rings. The van der Waals surface area contributed by atoms with Crippen molar-refractivity contribution in [3.05, 3.63) is 41.1 Å². The molecule has 122 valence electrons. The third-order valence-corrected chi connectivity index (χ3v) is 4.57. The third-order valence-electron chi connectivity index (χ3n) is 4.57. The second kappa shape index (κ2) is 6.26. The van der Waals surface area contributed by atoms with Gasteiger partial charge in [0.25, 0.3) is 0 Å². The Bertz CT molecular complexity index is 734. The van der Waals surface area contributed by atoms with Gasteiger partial charge < -0.3 is 15.1 Å². The number of amides is 1. The highest BCUT2D eigenvalue weighted by Crippen LogP contribution is 2.24. The number of likely N-dealkylation sites (tertiary alicyclic amines) is 1. The number of hydrogen-bond donors (Lipinski definition) is 2. The highest BCUT2D eigenvalue weighted by Gasteiger charge is 2.28. The normalized spacial score (nSPS) is 21.7. The summed E-state index contributed by atoms with van der Waals surface area (Å²) in [7, 11) is 0. The molecular weight excluding hydrogens is 292 g/mol. The van der Waals surface area contributed by atoms with Crippen LogP contribution in [0, 0.1) is 13.8 Å². The van der Waals surface area contributed by atoms with Crippen molar-refractivity contribution in [2.45, 2.75) is 38.9 Å². The number of carbonyl (C=O) groups excluding carboxylic acids is 1. The number of para-hydroxylation sites is 1. The van der Waals surface area contributed by atoms with Crippen LogP contribution in [0.1, 0.15) is 23.2 Å². The monoisotopic (exact) mass is 314 g/mol. The number of β-amino-alcohol motifs (C(OH)–C–C–N with tert-alkyl or cyclic N) is 2. The fourth-order valence-corrected chi connectivity index (χ4v) is 3.34. The maximum atomic E-state index is 12.6. The van der Waals surface area contributed by atoms with Gasteiger partial charge in [-0.2, -0.15) is 0 Å². The number of fused-ring (bicyclic) bond motifs is 1. The number of piperidine rings is 1. The van der Waals surface area contributed by atoms with Crippen LogP contribution in [0.15, 0.2) is 24.3 Å². The number of aryl methyl sites for hydroxylation is 2. The zero-order valence-corrected chi connectivity index (χ0v) is 13.5. The predicted octanol–water partition coefficient (Wildman–Crippen LogP) is 1.35. The van der Waals surface area contributed by atoms with Gasteiger partial charge in [-0.3, -0.25) is 9.78 Å². The van der Waals surface area contributed by atoms with E-state index >= 15 is 0 Å². The average Bonchev–Trinajstić information content (AvgIpc) is 2.50. The summed E-state index contributed by atoms with van der Waals surface area (Å²) < 4.78 is 0. The molecule has 5 nitrogen and oxygen atoms in total. The molecule has 5 heteroatoms. The SMILES string of the molecule is Cc1nc2ccccc2c(C)c1CC(=O)N1C[C@H](O)C[C@H](O)C1. The van der Waals surface area contributed by atoms with E-state index in [0.29, 0.717) is 6.42 Å². The number of nitrogens with zero attached hydrogens (tertiary/aromatic N) is 2. The molecule has 0 aliphatic carbocycles. The first-order valence-electron chi connectivity index (χ1n) is 7.94. The molecule has 3 rings (SSSR count). The van der Waals surface area contributed by atoms with Gasteiger partial charge in [-0.05, 0) is 31.0 Å². The van der Waals surface area contributed by atoms with E-state index in [9.17, 15) is 15.0 Å². The number of carbonyl (C=O) groups is 1. The minimum Gasteiger partial charge on any atom is -0.391 e. The zero-order chi connectivity index (χ0) is 16.6. The topological polar surface area (TPSA) is 73.7 Å². The predicted molar refractivity (Wildman–Crippen MR) is 88.1 cm³/mol. The van der Waals surface area contributed by atoms with Crippen LogP contribution < -0.4 is 0 Å². The maximum absolute atomic E-state index is 12.6. The molecule has 1 aliphatic heterocycles. The molecule has 0 radical (unpaired) electrons. The lowest BCUT2D eigenvalue weighted by Crippen LogP contribution is -2.48. The lowest BCUT2D eigenvalue weighted by molar-refractivity contribution is -0.136. The van der Waals surface area contributed by atoms with Gasteiger partial charge in [-0.25, -0.2) is 0 Å². The van der Waals surface area contributed by atoms with Gasteiger partial charge in [-0.1, -0.05) is 18.2 Å². The lowest BCUT2D eigenvalue weighted by Gasteiger charge is -2.33. The molecule has 0 spiro atoms. The summed E-state index contributed by atoms with van der Waals surface area (Å²) in [5, 5.41) is 20.6. The Morgan fingerprint density at radius 1 is 1.22 bits per heavy atom. The molecule has 23 heavy (non-hydrogen) atoms. The largest absolute Gasteiger partial charge is 0.391 e. The molecule has 0 bridgehead atoms. The van der Waals surface area contributed by atoms with Crippen LogP contribution in [0.5, 0.6) is 0 Å². The first kappa shape index (κ1) is 15.9. The van der Waals surface area contributed by atoms with Gasteiger partial charge in [0.15, 0.2) is 0 Å². The Morgan fingerprint density at radius 2 is 1.87 bits per heavy atom. The standard InChI is InChI=1S/C18H22N2O3/c1-11-15-5-3-4-6-17(15)19-12(2)16(11)8-18(23)20-9-13(21)7-14(22)10-20/h3-6,13-14,21-22H,7-10H2,1-2H3/t13-,14+. The quantitative estimate of drug-likeness (QED) is 0.877. The summed E-state index contributed by atoms with van der Waals surface area (Å²) in [4.78, 5) is 18.7. The number of rotatable bonds is 2. The molecule has 0 saturated carbocycles. The van der Waals surface area contributed by atoms with E-state index in [0.717, 1.165) is 27.7 Å². The molecule has 2 atom stereocenters. The first-order valence-corrected chi connectivity index (χ1v) is 7.94. The Kier molecular flexibility index (Phi) is 4.33. The minimum absolute atomic E-state index is 0.0777. The van der Waals surface area contributed by atoms with Gasteiger partial charge in [0, 0.05) is 30.6 Å². The summed E-state index contributed by atoms with van der Waals surface area (Å²) in [5.74, 6) is -0.0777. The van der Waals surface area contributed by atoms with E-state index in [-0.39, 0.29) is 25.4 Å². The van der Waals surface area contributed by atoms with Gasteiger partial charge in [0.1, 0.15) is 0 Å². The average molecular weight is 314 g/mol. The third kappa shape index (κ3) is 3.21. The number of aliphatic hydroxyl groups is 2. The van der Waals surface area contributed by atoms with Crippen LogP contribution >= 0.6 is 0 Å². The van der Waals surface area contributed by atoms with Crippen LogP contribution in [0.3, 0.4) is 0 Å². The summed E-state index contributed by atoms with van der Waals surface area (Å²) in [6.07, 6.45) is -0.729. The smallest absolute Gasteiger partial charge is 0.227 e. The lowest BCUT2D eigenvalue weighted by atomic mass is 9.98. The molecule has 1 aromatic carbocycles. The van der Waals surface area contributed by atoms with Crippen molar-refractivity contribution in [1.82, 2.24) is 9.88 Å². The van der Waals surface area contributed by atoms with Crippen molar-refractivity contribution in [3.8, 4) is 0 Å². The summed E-state index contributed by atoms with van der Waals surface area (Å²) in [6.45, 7) is 4.51. The number of benzene rings is 1. The van der Waals surface area contributed by atoms with E-state index < -0.39 is 12.2 Å². The van der Waals surface area contributed by atoms with Crippen molar-refractivity contribution in [2.24, 2.45) is 0 Å². The van der Waals surface area contributed by atoms with E-state index in [1.165, 1.54) is 0 Å². The van der Waals surface area contributed by atoms with Crippen LogP contribution in [0.25, 0.3) is 10.9 Å². The summed E-state index contributed by atoms with van der Waals surface area (Å²) in [6, 6.07) is 7.91. The van der Waals surface area contributed by atoms with Gasteiger partial charge in [0.2, 0.25) is 5.91 Å². The van der Waals surface area contributed by atoms with Crippen molar-refractivity contribution >= 4 is 16.8 Å². The first-order chi connectivity index (χ1) is 11.0. The van der Waals surface area contributed by atoms with Gasteiger partial charge in [-0.15, -0.1) is 0 Å². The molecule has 1 aromatic heterocycles. The molecule has 1 aliphatic rings. The maximum Gasteiger partial charge on any atom is 0.227 e. The van der Waals surface area contributed by atoms with E-state index in [1.54, 1.807) is 4.90 Å². The summed E-state index contributed by atoms with van der Waals surface area (Å²) in [5.41, 5.74) is 3.79. The molecular formula is C18H22N2O3. The van der Waals surface area contributed by atoms with Crippen LogP contribution in [0.4, 0.5) is 0 Å². The van der Waals surface area contributed by atoms with Crippen molar-refractivity contribution < 1.29 is 15.0 Å². The highest BCUT2D eigenvalue weighted by atomic mass is 16.3. The summed E-state index contributed by atoms with van der Waals surface area (Å²) >= 11 is 0. The zero-order valence-electron chi connectivity index (χ0n) is 13.5. The Labute approximate surface area is 135 Å². The number of aliphatic hydroxyl groups excluding tert-OH is 2. The van der Waals surface area contributed by atoms with E-state index in [2.05, 4.69) is 4.98 Å². The van der Waals surface area contributed by atoms with E-state index in [4.69, 9.17) is 0 Å². The van der Waals surface area contributed by atoms with Crippen LogP contribution in [-0.4, -0.2) is 51.3 Å². The second-order valence-electron chi connectivity index (χ2n) is 6.34. The fraction of sp³-hybridized carbons (Fsp3) is 0.444. The Balaban J connectivity index is 1.87. The van der Waals surface area contributed by atoms with Gasteiger partial charge >= 0.3 is 0 Å². The van der Waals surface area contributed by atoms with Crippen molar-refractivity contribution in [2.75, 3.05) is 13.1 Å². The Hall–Kier alpha value is -1.98. The minimum atomic E-state index is -0.653. The molecule has 2 N–H and O–H groups in total. The van der Waals surface area contributed by atoms with Crippen molar-refractivity contribution in [3.63, 3.8) is 0 Å². The van der Waals surface area contributed by atoms with Crippen LogP contribution in [-0.2, 0) is 11.2 Å². The molecule has 2 heterocycles. The number of pyridine rings is 1. The Morgan fingerprint density at radius 3 is 2.57 bits per heavy atom. The fourth-order valence-electron chi connectivity index (χ4n) is 3.34. The number of hydrogen-bond acceptors (Lipinski definition) is 4. The molecule has 2 aromatic rings. The molecule has 1 saturated heterocycles. The molecule has 1 amide bonds. The van der Waals surface area contributed by atoms with Crippen molar-refractivity contribution in [1.29, 1.82) is 0 Å². The van der Waals surface area contributed by atoms with Crippen LogP contribution in [0.2, 0.25) is 0 Å². The second-order valence-corrected chi connectivity index (χ2v) is 6.34. The van der Waals surface area contributed by atoms with E-state index in [1.807, 2.05) is 38.1 Å². The highest BCUT2D eigenvalue weighted by molar-refractivity contribution is 5.86. The molecule has 0 unspecified atom stereocenters.